The highest BCUT2D eigenvalue weighted by Crippen LogP contribution is 2.20. The molecule has 1 N–H and O–H groups in total. The summed E-state index contributed by atoms with van der Waals surface area (Å²) in [7, 11) is 1.59. The maximum absolute atomic E-state index is 5.01. The van der Waals surface area contributed by atoms with Gasteiger partial charge in [0, 0.05) is 20.8 Å². The number of hydrogen-bond donors (Lipinski definition) is 1. The smallest absolute Gasteiger partial charge is 0.218 e. The number of hydrogen-bond acceptors (Lipinski definition) is 5. The Kier molecular flexibility index (Phi) is 3.74. The van der Waals surface area contributed by atoms with Crippen molar-refractivity contribution in [3.63, 3.8) is 0 Å². The van der Waals surface area contributed by atoms with E-state index in [0.717, 1.165) is 16.8 Å². The lowest BCUT2D eigenvalue weighted by atomic mass is 10.4. The first-order chi connectivity index (χ1) is 7.78. The van der Waals surface area contributed by atoms with Crippen molar-refractivity contribution in [1.29, 1.82) is 0 Å². The summed E-state index contributed by atoms with van der Waals surface area (Å²) in [5.41, 5.74) is 0. The summed E-state index contributed by atoms with van der Waals surface area (Å²) in [6.45, 7) is 0.746. The van der Waals surface area contributed by atoms with Gasteiger partial charge in [-0.1, -0.05) is 0 Å². The largest absolute Gasteiger partial charge is 0.481 e. The molecule has 6 heteroatoms. The van der Waals surface area contributed by atoms with Gasteiger partial charge in [0.05, 0.1) is 13.7 Å². The number of aromatic nitrogens is 2. The number of ether oxygens (including phenoxy) is 1. The summed E-state index contributed by atoms with van der Waals surface area (Å²) in [5.74, 6) is 1.32. The lowest BCUT2D eigenvalue weighted by Gasteiger charge is -2.04. The van der Waals surface area contributed by atoms with Crippen LogP contribution >= 0.6 is 27.3 Å². The summed E-state index contributed by atoms with van der Waals surface area (Å²) in [6, 6.07) is 3.85. The summed E-state index contributed by atoms with van der Waals surface area (Å²) in [6.07, 6.45) is 1.48. The van der Waals surface area contributed by atoms with Crippen LogP contribution in [0.1, 0.15) is 4.88 Å². The first-order valence-corrected chi connectivity index (χ1v) is 6.28. The number of thiophene rings is 1. The molecule has 0 aromatic carbocycles. The topological polar surface area (TPSA) is 47.0 Å². The van der Waals surface area contributed by atoms with Crippen LogP contribution in [0.2, 0.25) is 0 Å². The standard InChI is InChI=1S/C10H10BrN3OS/c1-15-10-3-9(13-6-14-10)12-4-8-2-7(11)5-16-8/h2-3,5-6H,4H2,1H3,(H,12,13,14). The minimum atomic E-state index is 0.560. The Morgan fingerprint density at radius 1 is 1.44 bits per heavy atom. The average molecular weight is 300 g/mol. The van der Waals surface area contributed by atoms with Gasteiger partial charge in [-0.2, -0.15) is 0 Å². The van der Waals surface area contributed by atoms with Crippen molar-refractivity contribution in [2.24, 2.45) is 0 Å². The number of rotatable bonds is 4. The molecular weight excluding hydrogens is 290 g/mol. The van der Waals surface area contributed by atoms with E-state index in [1.54, 1.807) is 24.5 Å². The van der Waals surface area contributed by atoms with E-state index >= 15 is 0 Å². The zero-order chi connectivity index (χ0) is 11.4. The number of methoxy groups -OCH3 is 1. The van der Waals surface area contributed by atoms with Gasteiger partial charge in [0.15, 0.2) is 0 Å². The van der Waals surface area contributed by atoms with Crippen LogP contribution in [-0.4, -0.2) is 17.1 Å². The van der Waals surface area contributed by atoms with Crippen molar-refractivity contribution in [1.82, 2.24) is 9.97 Å². The van der Waals surface area contributed by atoms with Gasteiger partial charge in [-0.3, -0.25) is 0 Å². The van der Waals surface area contributed by atoms with Crippen molar-refractivity contribution in [2.75, 3.05) is 12.4 Å². The maximum atomic E-state index is 5.01. The fraction of sp³-hybridized carbons (Fsp3) is 0.200. The summed E-state index contributed by atoms with van der Waals surface area (Å²) in [4.78, 5) is 9.28. The van der Waals surface area contributed by atoms with Crippen LogP contribution in [0.15, 0.2) is 28.3 Å². The molecular formula is C10H10BrN3OS. The van der Waals surface area contributed by atoms with Crippen LogP contribution < -0.4 is 10.1 Å². The van der Waals surface area contributed by atoms with Crippen molar-refractivity contribution in [3.05, 3.63) is 33.2 Å². The van der Waals surface area contributed by atoms with Gasteiger partial charge in [0.2, 0.25) is 5.88 Å². The molecule has 0 radical (unpaired) electrons. The molecule has 0 unspecified atom stereocenters. The van der Waals surface area contributed by atoms with Gasteiger partial charge in [-0.25, -0.2) is 9.97 Å². The third-order valence-corrected chi connectivity index (χ3v) is 3.61. The molecule has 0 aliphatic heterocycles. The van der Waals surface area contributed by atoms with Crippen LogP contribution in [0, 0.1) is 0 Å². The highest BCUT2D eigenvalue weighted by Gasteiger charge is 2.00. The van der Waals surface area contributed by atoms with Gasteiger partial charge < -0.3 is 10.1 Å². The third-order valence-electron chi connectivity index (χ3n) is 1.92. The lowest BCUT2D eigenvalue weighted by Crippen LogP contribution is -2.00. The van der Waals surface area contributed by atoms with E-state index in [4.69, 9.17) is 4.74 Å². The van der Waals surface area contributed by atoms with Gasteiger partial charge in [0.25, 0.3) is 0 Å². The third kappa shape index (κ3) is 2.93. The van der Waals surface area contributed by atoms with Crippen molar-refractivity contribution < 1.29 is 4.74 Å². The van der Waals surface area contributed by atoms with Crippen LogP contribution in [0.3, 0.4) is 0 Å². The number of halogens is 1. The SMILES string of the molecule is COc1cc(NCc2cc(Br)cs2)ncn1. The first kappa shape index (κ1) is 11.3. The quantitative estimate of drug-likeness (QED) is 0.943. The molecule has 0 saturated carbocycles. The molecule has 0 atom stereocenters. The summed E-state index contributed by atoms with van der Waals surface area (Å²) >= 11 is 5.11. The zero-order valence-corrected chi connectivity index (χ0v) is 11.0. The molecule has 2 rings (SSSR count). The van der Waals surface area contributed by atoms with Crippen molar-refractivity contribution in [3.8, 4) is 5.88 Å². The zero-order valence-electron chi connectivity index (χ0n) is 8.61. The minimum absolute atomic E-state index is 0.560. The van der Waals surface area contributed by atoms with Crippen molar-refractivity contribution in [2.45, 2.75) is 6.54 Å². The van der Waals surface area contributed by atoms with E-state index in [-0.39, 0.29) is 0 Å². The van der Waals surface area contributed by atoms with Gasteiger partial charge in [-0.15, -0.1) is 11.3 Å². The molecule has 0 saturated heterocycles. The van der Waals surface area contributed by atoms with Crippen molar-refractivity contribution >= 4 is 33.1 Å². The second-order valence-electron chi connectivity index (χ2n) is 3.03. The number of nitrogens with zero attached hydrogens (tertiary/aromatic N) is 2. The minimum Gasteiger partial charge on any atom is -0.481 e. The second kappa shape index (κ2) is 5.27. The fourth-order valence-corrected chi connectivity index (χ4v) is 2.56. The van der Waals surface area contributed by atoms with E-state index in [1.807, 2.05) is 0 Å². The van der Waals surface area contributed by atoms with Gasteiger partial charge >= 0.3 is 0 Å². The molecule has 0 amide bonds. The van der Waals surface area contributed by atoms with Crippen LogP contribution in [0.5, 0.6) is 5.88 Å². The molecule has 4 nitrogen and oxygen atoms in total. The Morgan fingerprint density at radius 2 is 2.31 bits per heavy atom. The molecule has 0 bridgehead atoms. The predicted octanol–water partition coefficient (Wildman–Crippen LogP) is 2.92. The summed E-state index contributed by atoms with van der Waals surface area (Å²) < 4.78 is 6.12. The van der Waals surface area contributed by atoms with E-state index in [9.17, 15) is 0 Å². The molecule has 0 fully saturated rings. The highest BCUT2D eigenvalue weighted by molar-refractivity contribution is 9.10. The number of anilines is 1. The molecule has 0 aliphatic carbocycles. The van der Waals surface area contributed by atoms with Crippen LogP contribution in [0.4, 0.5) is 5.82 Å². The highest BCUT2D eigenvalue weighted by atomic mass is 79.9. The van der Waals surface area contributed by atoms with Crippen LogP contribution in [0.25, 0.3) is 0 Å². The Balaban J connectivity index is 1.99. The maximum Gasteiger partial charge on any atom is 0.218 e. The molecule has 0 spiro atoms. The van der Waals surface area contributed by atoms with E-state index < -0.39 is 0 Å². The molecule has 0 aliphatic rings. The summed E-state index contributed by atoms with van der Waals surface area (Å²) in [5, 5.41) is 5.26. The predicted molar refractivity (Wildman–Crippen MR) is 67.9 cm³/mol. The molecule has 84 valence electrons. The molecule has 2 aromatic rings. The Bertz CT molecular complexity index is 475. The molecule has 2 aromatic heterocycles. The monoisotopic (exact) mass is 299 g/mol. The average Bonchev–Trinajstić information content (AvgIpc) is 2.73. The second-order valence-corrected chi connectivity index (χ2v) is 4.94. The van der Waals surface area contributed by atoms with E-state index in [1.165, 1.54) is 11.2 Å². The molecule has 2 heterocycles. The Hall–Kier alpha value is -1.14. The normalized spacial score (nSPS) is 10.1. The Morgan fingerprint density at radius 3 is 3.00 bits per heavy atom. The number of nitrogens with one attached hydrogen (secondary N) is 1. The van der Waals surface area contributed by atoms with Crippen LogP contribution in [-0.2, 0) is 6.54 Å². The first-order valence-electron chi connectivity index (χ1n) is 4.61. The van der Waals surface area contributed by atoms with Gasteiger partial charge in [0.1, 0.15) is 12.1 Å². The van der Waals surface area contributed by atoms with E-state index in [2.05, 4.69) is 42.7 Å². The van der Waals surface area contributed by atoms with Gasteiger partial charge in [-0.05, 0) is 22.0 Å². The fourth-order valence-electron chi connectivity index (χ4n) is 1.17. The molecule has 16 heavy (non-hydrogen) atoms. The van der Waals surface area contributed by atoms with E-state index in [0.29, 0.717) is 5.88 Å². The Labute approximate surface area is 106 Å². The lowest BCUT2D eigenvalue weighted by molar-refractivity contribution is 0.397.